The van der Waals surface area contributed by atoms with E-state index < -0.39 is 0 Å². The van der Waals surface area contributed by atoms with Crippen LogP contribution in [0.5, 0.6) is 5.75 Å². The molecule has 0 radical (unpaired) electrons. The smallest absolute Gasteiger partial charge is 0.270 e. The molecule has 178 valence electrons. The van der Waals surface area contributed by atoms with Crippen LogP contribution >= 0.6 is 11.8 Å². The van der Waals surface area contributed by atoms with Gasteiger partial charge >= 0.3 is 0 Å². The predicted octanol–water partition coefficient (Wildman–Crippen LogP) is 4.66. The number of amides is 1. The van der Waals surface area contributed by atoms with E-state index in [0.717, 1.165) is 24.0 Å². The number of thioether (sulfide) groups is 1. The van der Waals surface area contributed by atoms with Crippen molar-refractivity contribution >= 4 is 23.5 Å². The van der Waals surface area contributed by atoms with Gasteiger partial charge in [0.05, 0.1) is 28.2 Å². The van der Waals surface area contributed by atoms with Crippen molar-refractivity contribution in [3.63, 3.8) is 0 Å². The Morgan fingerprint density at radius 3 is 2.68 bits per heavy atom. The number of rotatable bonds is 5. The van der Waals surface area contributed by atoms with Gasteiger partial charge in [0.25, 0.3) is 5.56 Å². The Hall–Kier alpha value is -2.97. The highest BCUT2D eigenvalue weighted by Crippen LogP contribution is 2.44. The van der Waals surface area contributed by atoms with Gasteiger partial charge in [0, 0.05) is 12.2 Å². The molecule has 1 saturated heterocycles. The average Bonchev–Trinajstić information content (AvgIpc) is 3.03. The third kappa shape index (κ3) is 4.65. The molecule has 1 amide bonds. The van der Waals surface area contributed by atoms with Crippen molar-refractivity contribution < 1.29 is 14.3 Å². The van der Waals surface area contributed by atoms with Gasteiger partial charge in [-0.1, -0.05) is 48.5 Å². The molecule has 5 rings (SSSR count). The second kappa shape index (κ2) is 9.35. The molecule has 2 aliphatic heterocycles. The fourth-order valence-corrected chi connectivity index (χ4v) is 5.90. The summed E-state index contributed by atoms with van der Waals surface area (Å²) in [4.78, 5) is 26.0. The summed E-state index contributed by atoms with van der Waals surface area (Å²) in [5, 5.41) is 5.69. The third-order valence-electron chi connectivity index (χ3n) is 6.34. The van der Waals surface area contributed by atoms with Crippen LogP contribution in [-0.2, 0) is 16.1 Å². The number of nitrogens with one attached hydrogen (secondary N) is 2. The van der Waals surface area contributed by atoms with Gasteiger partial charge in [0.15, 0.2) is 0 Å². The third-order valence-corrected chi connectivity index (χ3v) is 7.59. The lowest BCUT2D eigenvalue weighted by atomic mass is 9.94. The maximum absolute atomic E-state index is 13.3. The van der Waals surface area contributed by atoms with Gasteiger partial charge in [-0.05, 0) is 38.3 Å². The Labute approximate surface area is 202 Å². The van der Waals surface area contributed by atoms with Gasteiger partial charge in [0.1, 0.15) is 18.2 Å². The van der Waals surface area contributed by atoms with E-state index in [1.165, 1.54) is 11.8 Å². The van der Waals surface area contributed by atoms with E-state index in [9.17, 15) is 9.59 Å². The van der Waals surface area contributed by atoms with Crippen molar-refractivity contribution in [3.8, 4) is 5.75 Å². The molecular weight excluding hydrogens is 450 g/mol. The molecule has 0 aliphatic carbocycles. The van der Waals surface area contributed by atoms with E-state index in [1.54, 1.807) is 0 Å². The molecule has 0 bridgehead atoms. The van der Waals surface area contributed by atoms with Crippen LogP contribution in [0.1, 0.15) is 54.7 Å². The summed E-state index contributed by atoms with van der Waals surface area (Å²) in [7, 11) is 0. The minimum absolute atomic E-state index is 0.0359. The highest BCUT2D eigenvalue weighted by atomic mass is 32.2. The van der Waals surface area contributed by atoms with Crippen molar-refractivity contribution in [3.05, 3.63) is 81.6 Å². The van der Waals surface area contributed by atoms with Gasteiger partial charge in [-0.3, -0.25) is 19.4 Å². The number of hydrogen-bond donors (Lipinski definition) is 2. The van der Waals surface area contributed by atoms with Gasteiger partial charge in [0.2, 0.25) is 5.91 Å². The molecule has 2 N–H and O–H groups in total. The lowest BCUT2D eigenvalue weighted by Gasteiger charge is -2.36. The summed E-state index contributed by atoms with van der Waals surface area (Å²) in [6.45, 7) is 5.14. The Kier molecular flexibility index (Phi) is 6.27. The fraction of sp³-hybridized carbons (Fsp3) is 0.385. The molecular formula is C26H29N3O4S. The molecule has 1 aromatic heterocycles. The van der Waals surface area contributed by atoms with Gasteiger partial charge < -0.3 is 14.8 Å². The highest BCUT2D eigenvalue weighted by Gasteiger charge is 2.36. The summed E-state index contributed by atoms with van der Waals surface area (Å²) in [6, 6.07) is 17.8. The summed E-state index contributed by atoms with van der Waals surface area (Å²) in [5.41, 5.74) is 2.04. The molecule has 2 atom stereocenters. The van der Waals surface area contributed by atoms with E-state index in [0.29, 0.717) is 30.3 Å². The first-order valence-electron chi connectivity index (χ1n) is 11.6. The molecule has 1 fully saturated rings. The fourth-order valence-electron chi connectivity index (χ4n) is 4.75. The Balaban J connectivity index is 1.52. The van der Waals surface area contributed by atoms with Crippen molar-refractivity contribution in [1.82, 2.24) is 9.78 Å². The number of carbonyl (C=O) groups excluding carboxylic acids is 1. The first-order chi connectivity index (χ1) is 16.4. The largest absolute Gasteiger partial charge is 0.489 e. The zero-order valence-corrected chi connectivity index (χ0v) is 20.2. The number of nitrogens with zero attached hydrogens (tertiary/aromatic N) is 1. The van der Waals surface area contributed by atoms with Crippen molar-refractivity contribution in [2.45, 2.75) is 50.2 Å². The Bertz CT molecular complexity index is 1230. The minimum atomic E-state index is -0.334. The molecule has 7 nitrogen and oxygen atoms in total. The summed E-state index contributed by atoms with van der Waals surface area (Å²) >= 11 is 1.45. The van der Waals surface area contributed by atoms with Gasteiger partial charge in [-0.15, -0.1) is 11.8 Å². The number of carbonyl (C=O) groups is 1. The number of aromatic amines is 1. The molecule has 2 aromatic carbocycles. The van der Waals surface area contributed by atoms with E-state index in [4.69, 9.17) is 9.47 Å². The normalized spacial score (nSPS) is 21.9. The lowest BCUT2D eigenvalue weighted by molar-refractivity contribution is -0.113. The number of benzene rings is 2. The molecule has 0 spiro atoms. The number of H-pyrrole nitrogens is 1. The monoisotopic (exact) mass is 479 g/mol. The highest BCUT2D eigenvalue weighted by molar-refractivity contribution is 8.00. The average molecular weight is 480 g/mol. The van der Waals surface area contributed by atoms with Gasteiger partial charge in [-0.25, -0.2) is 0 Å². The topological polar surface area (TPSA) is 85.4 Å². The van der Waals surface area contributed by atoms with E-state index in [2.05, 4.69) is 24.3 Å². The number of anilines is 1. The van der Waals surface area contributed by atoms with Crippen molar-refractivity contribution in [2.24, 2.45) is 0 Å². The quantitative estimate of drug-likeness (QED) is 0.556. The first-order valence-corrected chi connectivity index (χ1v) is 12.6. The van der Waals surface area contributed by atoms with Crippen LogP contribution in [0.3, 0.4) is 0 Å². The number of para-hydroxylation sites is 1. The Morgan fingerprint density at radius 2 is 1.88 bits per heavy atom. The van der Waals surface area contributed by atoms with Crippen LogP contribution in [0.2, 0.25) is 0 Å². The second-order valence-corrected chi connectivity index (χ2v) is 10.5. The standard InChI is InChI=1S/C26H29N3O4S/c1-26(2)14-18(12-13-33-26)29-24-22(25(31)28-29)23(34-16-21(30)27-24)19-10-6-7-11-20(19)32-15-17-8-4-3-5-9-17/h3-11,18,23H,12-16H2,1-2H3,(H,27,30)(H,28,31)/t18-,23+/m0/s1. The van der Waals surface area contributed by atoms with Crippen LogP contribution in [-0.4, -0.2) is 33.6 Å². The number of ether oxygens (including phenoxy) is 2. The maximum Gasteiger partial charge on any atom is 0.270 e. The van der Waals surface area contributed by atoms with E-state index >= 15 is 0 Å². The molecule has 3 aromatic rings. The number of fused-ring (bicyclic) bond motifs is 1. The summed E-state index contributed by atoms with van der Waals surface area (Å²) in [5.74, 6) is 1.41. The summed E-state index contributed by atoms with van der Waals surface area (Å²) in [6.07, 6.45) is 1.51. The zero-order chi connectivity index (χ0) is 23.7. The molecule has 34 heavy (non-hydrogen) atoms. The molecule has 8 heteroatoms. The van der Waals surface area contributed by atoms with Crippen LogP contribution in [0, 0.1) is 0 Å². The van der Waals surface area contributed by atoms with Crippen LogP contribution in [0.4, 0.5) is 5.82 Å². The predicted molar refractivity (Wildman–Crippen MR) is 134 cm³/mol. The Morgan fingerprint density at radius 1 is 1.12 bits per heavy atom. The molecule has 2 aliphatic rings. The number of hydrogen-bond acceptors (Lipinski definition) is 5. The van der Waals surface area contributed by atoms with Crippen LogP contribution in [0.25, 0.3) is 0 Å². The van der Waals surface area contributed by atoms with E-state index in [-0.39, 0.29) is 34.1 Å². The van der Waals surface area contributed by atoms with Crippen LogP contribution in [0.15, 0.2) is 59.4 Å². The zero-order valence-electron chi connectivity index (χ0n) is 19.4. The minimum Gasteiger partial charge on any atom is -0.489 e. The lowest BCUT2D eigenvalue weighted by Crippen LogP contribution is -2.36. The number of aromatic nitrogens is 2. The SMILES string of the molecule is CC1(C)C[C@@H](n2[nH]c(=O)c3c2NC(=O)CS[C@@H]3c2ccccc2OCc2ccccc2)CCO1. The maximum atomic E-state index is 13.3. The molecule has 0 unspecified atom stereocenters. The second-order valence-electron chi connectivity index (χ2n) is 9.38. The molecule has 0 saturated carbocycles. The summed E-state index contributed by atoms with van der Waals surface area (Å²) < 4.78 is 13.9. The van der Waals surface area contributed by atoms with E-state index in [1.807, 2.05) is 59.3 Å². The van der Waals surface area contributed by atoms with Crippen molar-refractivity contribution in [1.29, 1.82) is 0 Å². The van der Waals surface area contributed by atoms with Crippen LogP contribution < -0.4 is 15.6 Å². The van der Waals surface area contributed by atoms with Crippen molar-refractivity contribution in [2.75, 3.05) is 17.7 Å². The van der Waals surface area contributed by atoms with Gasteiger partial charge in [-0.2, -0.15) is 0 Å². The molecule has 3 heterocycles. The first kappa shape index (κ1) is 22.8.